The predicted octanol–water partition coefficient (Wildman–Crippen LogP) is 18.6. The van der Waals surface area contributed by atoms with Crippen molar-refractivity contribution in [2.45, 2.75) is 253 Å². The quantitative estimate of drug-likeness (QED) is 0.0142. The molecule has 5 aromatic carbocycles. The molecular weight excluding hydrogens is 1460 g/mol. The van der Waals surface area contributed by atoms with E-state index in [1.165, 1.54) is 0 Å². The molecule has 25 nitrogen and oxygen atoms in total. The van der Waals surface area contributed by atoms with Crippen molar-refractivity contribution in [2.75, 3.05) is 39.5 Å². The maximum Gasteiger partial charge on any atom is 0.410 e. The highest BCUT2D eigenvalue weighted by atomic mass is 28.4. The zero-order chi connectivity index (χ0) is 82.8. The topological polar surface area (TPSA) is 330 Å². The predicted molar refractivity (Wildman–Crippen MR) is 436 cm³/mol. The second-order valence-electron chi connectivity index (χ2n) is 35.1. The van der Waals surface area contributed by atoms with Crippen LogP contribution in [0.1, 0.15) is 219 Å². The van der Waals surface area contributed by atoms with Gasteiger partial charge < -0.3 is 57.6 Å². The summed E-state index contributed by atoms with van der Waals surface area (Å²) in [6, 6.07) is 31.8. The normalized spacial score (nSPS) is 15.7. The van der Waals surface area contributed by atoms with E-state index >= 15 is 0 Å². The molecule has 10 rings (SSSR count). The molecule has 7 aromatic rings. The summed E-state index contributed by atoms with van der Waals surface area (Å²) in [5, 5.41) is 49.8. The van der Waals surface area contributed by atoms with Crippen molar-refractivity contribution in [3.8, 4) is 69.3 Å². The number of ether oxygens (including phenoxy) is 5. The van der Waals surface area contributed by atoms with E-state index in [1.807, 2.05) is 150 Å². The molecule has 0 unspecified atom stereocenters. The fourth-order valence-electron chi connectivity index (χ4n) is 13.1. The fourth-order valence-corrected chi connectivity index (χ4v) is 15.2. The molecule has 3 aliphatic rings. The van der Waals surface area contributed by atoms with Crippen LogP contribution in [-0.2, 0) is 42.3 Å². The standard InChI is InChI=1S/C34H46N4O5Si.C28H32N4O5.C23H39N3O4Si/c1-22(2)41-29-17-14-23(20-24(29)21-35)31-36-30(37-43-31)27-13-11-12-26-25(27)15-16-28(26)38(32(39)42-33(3,4)5)18-19-40-44(9,10)34(6,7)8;1-17(2)35-24-12-9-18(15-19(24)16-29)26-30-25(31-37-26)22-8-6-7-21-20(22)10-11-23(21)32(13-14-33)27(34)36-28(3,4)5;1-22(2,3)30-21(27)26(14-15-29-31(7,8)23(4,5)6)19-13-12-16-17(19)10-9-11-18(16)20(24)25-28/h11-14,17,20,22,28H,15-16,18-19H2,1-10H3;6-9,12,15,17,23,33H,10-11,13-14H2,1-5H3;9-11,19,28H,12-15H2,1-8H3,(H2,24,25)/t28-;23-;19-/m001/s1. The number of oxime groups is 1. The number of amides is 3. The minimum absolute atomic E-state index is 0.0529. The first-order valence-electron chi connectivity index (χ1n) is 38.6. The van der Waals surface area contributed by atoms with Crippen LogP contribution in [0.4, 0.5) is 14.4 Å². The van der Waals surface area contributed by atoms with Gasteiger partial charge in [-0.25, -0.2) is 14.4 Å². The Labute approximate surface area is 663 Å². The lowest BCUT2D eigenvalue weighted by atomic mass is 10.0. The van der Waals surface area contributed by atoms with Gasteiger partial charge in [0.1, 0.15) is 40.4 Å². The summed E-state index contributed by atoms with van der Waals surface area (Å²) in [6.45, 7) is 48.2. The number of hydrogen-bond acceptors (Lipinski definition) is 21. The molecule has 0 saturated heterocycles. The Morgan fingerprint density at radius 1 is 0.545 bits per heavy atom. The zero-order valence-electron chi connectivity index (χ0n) is 69.9. The minimum Gasteiger partial charge on any atom is -0.490 e. The highest BCUT2D eigenvalue weighted by Crippen LogP contribution is 2.46. The van der Waals surface area contributed by atoms with Gasteiger partial charge in [-0.15, -0.1) is 0 Å². The monoisotopic (exact) mass is 1570 g/mol. The first kappa shape index (κ1) is 87.9. The molecule has 0 aliphatic heterocycles. The van der Waals surface area contributed by atoms with E-state index in [9.17, 15) is 30.0 Å². The number of amidine groups is 1. The second-order valence-corrected chi connectivity index (χ2v) is 44.7. The summed E-state index contributed by atoms with van der Waals surface area (Å²) in [5.41, 5.74) is 14.7. The number of rotatable bonds is 22. The van der Waals surface area contributed by atoms with Gasteiger partial charge in [0, 0.05) is 47.5 Å². The van der Waals surface area contributed by atoms with Crippen molar-refractivity contribution < 1.29 is 66.3 Å². The molecule has 0 saturated carbocycles. The third-order valence-electron chi connectivity index (χ3n) is 20.4. The third kappa shape index (κ3) is 22.2. The van der Waals surface area contributed by atoms with Crippen molar-refractivity contribution in [1.29, 1.82) is 10.5 Å². The number of carbonyl (C=O) groups is 3. The SMILES string of the molecule is CC(C)(C)OC(=O)N(CCO[Si](C)(C)C(C)(C)C)[C@@H]1CCc2c(C(N)=NO)cccc21.CC(C)Oc1ccc(-c2nc(-c3cccc4c3CC[C@@H]4N(CCO)C(=O)OC(C)(C)C)no2)cc1C#N.CC(C)Oc1ccc(-c2nc(-c3cccc4c3CC[C@@H]4N(CCO[Si](C)(C)C(C)(C)C)C(=O)OC(C)(C)C)no2)cc1C#N. The molecule has 0 spiro atoms. The van der Waals surface area contributed by atoms with E-state index in [4.69, 9.17) is 57.5 Å². The van der Waals surface area contributed by atoms with Gasteiger partial charge >= 0.3 is 18.3 Å². The largest absolute Gasteiger partial charge is 0.490 e. The van der Waals surface area contributed by atoms with Gasteiger partial charge in [0.2, 0.25) is 11.6 Å². The van der Waals surface area contributed by atoms with Crippen molar-refractivity contribution in [1.82, 2.24) is 35.0 Å². The highest BCUT2D eigenvalue weighted by Gasteiger charge is 2.42. The molecule has 0 fully saturated rings. The molecule has 2 aromatic heterocycles. The summed E-state index contributed by atoms with van der Waals surface area (Å²) < 4.78 is 52.7. The number of carbonyl (C=O) groups excluding carboxylic acids is 3. The van der Waals surface area contributed by atoms with Crippen LogP contribution in [0.5, 0.6) is 11.5 Å². The Bertz CT molecular complexity index is 4560. The Morgan fingerprint density at radius 3 is 1.22 bits per heavy atom. The Balaban J connectivity index is 0.000000214. The lowest BCUT2D eigenvalue weighted by molar-refractivity contribution is 0.0113. The smallest absolute Gasteiger partial charge is 0.410 e. The molecule has 604 valence electrons. The molecule has 3 aliphatic carbocycles. The number of nitrogens with two attached hydrogens (primary N) is 1. The molecule has 3 atom stereocenters. The van der Waals surface area contributed by atoms with Crippen molar-refractivity contribution >= 4 is 40.8 Å². The van der Waals surface area contributed by atoms with Crippen LogP contribution in [-0.4, -0.2) is 155 Å². The van der Waals surface area contributed by atoms with Gasteiger partial charge in [0.25, 0.3) is 11.8 Å². The number of aliphatic hydroxyl groups excluding tert-OH is 1. The van der Waals surface area contributed by atoms with Gasteiger partial charge in [0.05, 0.1) is 61.3 Å². The zero-order valence-corrected chi connectivity index (χ0v) is 71.9. The third-order valence-corrected chi connectivity index (χ3v) is 29.5. The molecule has 0 radical (unpaired) electrons. The first-order chi connectivity index (χ1) is 52.3. The summed E-state index contributed by atoms with van der Waals surface area (Å²) in [5.74, 6) is 2.61. The Kier molecular flexibility index (Phi) is 28.3. The van der Waals surface area contributed by atoms with Crippen LogP contribution in [0, 0.1) is 22.7 Å². The van der Waals surface area contributed by atoms with Crippen molar-refractivity contribution in [3.63, 3.8) is 0 Å². The van der Waals surface area contributed by atoms with E-state index in [-0.39, 0.29) is 71.6 Å². The fraction of sp³-hybridized carbons (Fsp3) is 0.529. The summed E-state index contributed by atoms with van der Waals surface area (Å²) in [4.78, 5) is 54.1. The van der Waals surface area contributed by atoms with Crippen LogP contribution in [0.15, 0.2) is 105 Å². The molecule has 3 amide bonds. The maximum absolute atomic E-state index is 13.5. The van der Waals surface area contributed by atoms with Crippen LogP contribution in [0.3, 0.4) is 0 Å². The number of nitriles is 2. The second kappa shape index (κ2) is 36.0. The number of nitrogens with zero attached hydrogens (tertiary/aromatic N) is 10. The van der Waals surface area contributed by atoms with Crippen molar-refractivity contribution in [2.24, 2.45) is 10.9 Å². The van der Waals surface area contributed by atoms with Gasteiger partial charge in [-0.1, -0.05) is 112 Å². The molecule has 112 heavy (non-hydrogen) atoms. The van der Waals surface area contributed by atoms with Crippen LogP contribution >= 0.6 is 0 Å². The molecule has 0 bridgehead atoms. The molecule has 4 N–H and O–H groups in total. The van der Waals surface area contributed by atoms with Gasteiger partial charge in [0.15, 0.2) is 22.5 Å². The van der Waals surface area contributed by atoms with E-state index in [2.05, 4.69) is 106 Å². The molecule has 2 heterocycles. The number of aromatic nitrogens is 4. The molecular formula is C85H117N11O14Si2. The van der Waals surface area contributed by atoms with E-state index < -0.39 is 39.5 Å². The van der Waals surface area contributed by atoms with E-state index in [1.54, 1.807) is 40.1 Å². The Morgan fingerprint density at radius 2 is 0.893 bits per heavy atom. The average Bonchev–Trinajstić information content (AvgIpc) is 1.63. The summed E-state index contributed by atoms with van der Waals surface area (Å²) in [6.07, 6.45) is 3.15. The van der Waals surface area contributed by atoms with E-state index in [0.29, 0.717) is 102 Å². The summed E-state index contributed by atoms with van der Waals surface area (Å²) >= 11 is 0. The summed E-state index contributed by atoms with van der Waals surface area (Å²) in [7, 11) is -3.92. The number of aliphatic hydroxyl groups is 1. The van der Waals surface area contributed by atoms with Gasteiger partial charge in [-0.2, -0.15) is 20.5 Å². The van der Waals surface area contributed by atoms with E-state index in [0.717, 1.165) is 70.2 Å². The van der Waals surface area contributed by atoms with Gasteiger partial charge in [-0.05, 0) is 235 Å². The van der Waals surface area contributed by atoms with Crippen LogP contribution in [0.25, 0.3) is 45.7 Å². The number of fused-ring (bicyclic) bond motifs is 3. The lowest BCUT2D eigenvalue weighted by Crippen LogP contribution is -2.45. The van der Waals surface area contributed by atoms with Crippen LogP contribution in [0.2, 0.25) is 36.3 Å². The average molecular weight is 1570 g/mol. The number of benzene rings is 5. The van der Waals surface area contributed by atoms with Gasteiger partial charge in [-0.3, -0.25) is 14.7 Å². The minimum atomic E-state index is -1.99. The number of hydrogen-bond donors (Lipinski definition) is 3. The highest BCUT2D eigenvalue weighted by molar-refractivity contribution is 6.74. The maximum atomic E-state index is 13.5. The first-order valence-corrected chi connectivity index (χ1v) is 44.4. The molecule has 27 heteroatoms. The lowest BCUT2D eigenvalue weighted by Gasteiger charge is -2.38. The Hall–Kier alpha value is -9.65. The van der Waals surface area contributed by atoms with Crippen molar-refractivity contribution in [3.05, 3.63) is 141 Å². The van der Waals surface area contributed by atoms with Crippen LogP contribution < -0.4 is 15.2 Å².